The number of hydrogen-bond donors (Lipinski definition) is 0. The van der Waals surface area contributed by atoms with Crippen LogP contribution in [0.2, 0.25) is 0 Å². The van der Waals surface area contributed by atoms with Crippen LogP contribution in [0.1, 0.15) is 41.5 Å². The minimum Gasteiger partial charge on any atom is -0.466 e. The van der Waals surface area contributed by atoms with Crippen LogP contribution in [-0.2, 0) is 38.1 Å². The second kappa shape index (κ2) is 14.3. The van der Waals surface area contributed by atoms with Gasteiger partial charge in [0.15, 0.2) is 0 Å². The molecule has 0 atom stereocenters. The predicted octanol–water partition coefficient (Wildman–Crippen LogP) is 1.21. The molecule has 0 unspecified atom stereocenters. The smallest absolute Gasteiger partial charge is 0.320 e. The van der Waals surface area contributed by atoms with Crippen molar-refractivity contribution in [1.29, 1.82) is 0 Å². The van der Waals surface area contributed by atoms with E-state index in [0.29, 0.717) is 0 Å². The highest BCUT2D eigenvalue weighted by molar-refractivity contribution is 5.92. The first kappa shape index (κ1) is 23.9. The van der Waals surface area contributed by atoms with Crippen LogP contribution in [0.25, 0.3) is 0 Å². The van der Waals surface area contributed by atoms with Gasteiger partial charge in [-0.3, -0.25) is 19.2 Å². The second-order valence-electron chi connectivity index (χ2n) is 3.11. The van der Waals surface area contributed by atoms with Crippen molar-refractivity contribution in [2.24, 2.45) is 0 Å². The monoisotopic (exact) mass is 308 g/mol. The van der Waals surface area contributed by atoms with Gasteiger partial charge < -0.3 is 18.9 Å². The topological polar surface area (TPSA) is 105 Å². The van der Waals surface area contributed by atoms with Gasteiger partial charge in [-0.1, -0.05) is 14.9 Å². The zero-order valence-electron chi connectivity index (χ0n) is 10.8. The lowest BCUT2D eigenvalue weighted by atomic mass is 10.4. The van der Waals surface area contributed by atoms with Gasteiger partial charge in [0.25, 0.3) is 0 Å². The van der Waals surface area contributed by atoms with Crippen LogP contribution in [0.5, 0.6) is 0 Å². The summed E-state index contributed by atoms with van der Waals surface area (Å²) >= 11 is 0. The summed E-state index contributed by atoms with van der Waals surface area (Å²) in [4.78, 5) is 43.8. The molecule has 8 heteroatoms. The molecule has 0 rings (SSSR count). The molecule has 0 radical (unpaired) electrons. The number of hydrogen-bond acceptors (Lipinski definition) is 8. The summed E-state index contributed by atoms with van der Waals surface area (Å²) in [6.45, 7) is 2.83. The molecular weight excluding hydrogens is 284 g/mol. The molecular formula is C13H24O8. The summed E-state index contributed by atoms with van der Waals surface area (Å²) < 4.78 is 17.9. The molecule has 0 heterocycles. The molecule has 0 fully saturated rings. The van der Waals surface area contributed by atoms with Gasteiger partial charge in [0.1, 0.15) is 12.8 Å². The SMILES string of the molecule is C.C.CCOC(=O)CC(=O)OCOC(=O)CC(=O)OCC. The quantitative estimate of drug-likeness (QED) is 0.285. The fourth-order valence-corrected chi connectivity index (χ4v) is 0.923. The first-order valence-electron chi connectivity index (χ1n) is 5.62. The Morgan fingerprint density at radius 2 is 0.905 bits per heavy atom. The van der Waals surface area contributed by atoms with Gasteiger partial charge in [-0.25, -0.2) is 0 Å². The Morgan fingerprint density at radius 3 is 1.19 bits per heavy atom. The van der Waals surface area contributed by atoms with Crippen LogP contribution >= 0.6 is 0 Å². The van der Waals surface area contributed by atoms with Crippen LogP contribution in [0.15, 0.2) is 0 Å². The molecule has 0 N–H and O–H groups in total. The number of rotatable bonds is 8. The van der Waals surface area contributed by atoms with Crippen LogP contribution in [0, 0.1) is 0 Å². The average Bonchev–Trinajstić information content (AvgIpc) is 2.28. The number of ether oxygens (including phenoxy) is 4. The van der Waals surface area contributed by atoms with Crippen molar-refractivity contribution in [3.63, 3.8) is 0 Å². The molecule has 21 heavy (non-hydrogen) atoms. The summed E-state index contributed by atoms with van der Waals surface area (Å²) in [6.07, 6.45) is -1.13. The molecule has 0 aliphatic rings. The van der Waals surface area contributed by atoms with Crippen molar-refractivity contribution in [3.05, 3.63) is 0 Å². The minimum absolute atomic E-state index is 0. The van der Waals surface area contributed by atoms with Crippen molar-refractivity contribution >= 4 is 23.9 Å². The van der Waals surface area contributed by atoms with E-state index in [1.807, 2.05) is 0 Å². The Labute approximate surface area is 124 Å². The maximum absolute atomic E-state index is 11.0. The van der Waals surface area contributed by atoms with E-state index in [1.54, 1.807) is 13.8 Å². The Bertz CT molecular complexity index is 305. The van der Waals surface area contributed by atoms with E-state index in [2.05, 4.69) is 18.9 Å². The molecule has 0 bridgehead atoms. The number of esters is 4. The zero-order valence-corrected chi connectivity index (χ0v) is 10.8. The van der Waals surface area contributed by atoms with Gasteiger partial charge in [-0.15, -0.1) is 0 Å². The van der Waals surface area contributed by atoms with Crippen molar-refractivity contribution in [3.8, 4) is 0 Å². The number of carbonyl (C=O) groups excluding carboxylic acids is 4. The predicted molar refractivity (Wildman–Crippen MR) is 73.0 cm³/mol. The van der Waals surface area contributed by atoms with Crippen molar-refractivity contribution in [2.75, 3.05) is 20.0 Å². The lowest BCUT2D eigenvalue weighted by Crippen LogP contribution is -2.19. The van der Waals surface area contributed by atoms with Gasteiger partial charge in [0.2, 0.25) is 6.79 Å². The van der Waals surface area contributed by atoms with Crippen molar-refractivity contribution in [1.82, 2.24) is 0 Å². The van der Waals surface area contributed by atoms with Gasteiger partial charge >= 0.3 is 23.9 Å². The van der Waals surface area contributed by atoms with E-state index in [-0.39, 0.29) is 28.1 Å². The largest absolute Gasteiger partial charge is 0.466 e. The van der Waals surface area contributed by atoms with Gasteiger partial charge in [0, 0.05) is 0 Å². The summed E-state index contributed by atoms with van der Waals surface area (Å²) in [5.41, 5.74) is 0. The summed E-state index contributed by atoms with van der Waals surface area (Å²) in [5, 5.41) is 0. The molecule has 0 aromatic heterocycles. The van der Waals surface area contributed by atoms with Crippen molar-refractivity contribution < 1.29 is 38.1 Å². The van der Waals surface area contributed by atoms with Gasteiger partial charge in [0.05, 0.1) is 13.2 Å². The van der Waals surface area contributed by atoms with Gasteiger partial charge in [-0.2, -0.15) is 0 Å². The van der Waals surface area contributed by atoms with Crippen LogP contribution < -0.4 is 0 Å². The lowest BCUT2D eigenvalue weighted by Gasteiger charge is -2.06. The maximum atomic E-state index is 11.0. The third-order valence-corrected chi connectivity index (χ3v) is 1.63. The summed E-state index contributed by atoms with van der Waals surface area (Å²) in [6, 6.07) is 0. The van der Waals surface area contributed by atoms with Gasteiger partial charge in [-0.05, 0) is 13.8 Å². The standard InChI is InChI=1S/C11H16O8.2CH4/c1-3-16-8(12)5-10(14)18-7-19-11(15)6-9(13)17-4-2;;/h3-7H2,1-2H3;2*1H4. The summed E-state index contributed by atoms with van der Waals surface area (Å²) in [7, 11) is 0. The first-order chi connectivity index (χ1) is 8.99. The van der Waals surface area contributed by atoms with E-state index in [4.69, 9.17) is 0 Å². The lowest BCUT2D eigenvalue weighted by molar-refractivity contribution is -0.170. The normalized spacial score (nSPS) is 8.48. The van der Waals surface area contributed by atoms with E-state index in [1.165, 1.54) is 0 Å². The van der Waals surface area contributed by atoms with Crippen LogP contribution in [0.3, 0.4) is 0 Å². The fraction of sp³-hybridized carbons (Fsp3) is 0.692. The molecule has 0 aromatic rings. The van der Waals surface area contributed by atoms with E-state index < -0.39 is 43.5 Å². The zero-order chi connectivity index (χ0) is 14.7. The highest BCUT2D eigenvalue weighted by atomic mass is 16.7. The Hall–Kier alpha value is -2.12. The highest BCUT2D eigenvalue weighted by Crippen LogP contribution is 1.94. The fourth-order valence-electron chi connectivity index (χ4n) is 0.923. The molecule has 0 aliphatic carbocycles. The third kappa shape index (κ3) is 14.1. The Balaban J connectivity index is -0.00000162. The molecule has 0 aliphatic heterocycles. The molecule has 0 saturated carbocycles. The Kier molecular flexibility index (Phi) is 16.3. The van der Waals surface area contributed by atoms with Crippen LogP contribution in [-0.4, -0.2) is 43.9 Å². The molecule has 0 amide bonds. The third-order valence-electron chi connectivity index (χ3n) is 1.63. The molecule has 0 aromatic carbocycles. The number of carbonyl (C=O) groups is 4. The van der Waals surface area contributed by atoms with E-state index in [9.17, 15) is 19.2 Å². The van der Waals surface area contributed by atoms with E-state index in [0.717, 1.165) is 0 Å². The molecule has 8 nitrogen and oxygen atoms in total. The van der Waals surface area contributed by atoms with E-state index >= 15 is 0 Å². The second-order valence-corrected chi connectivity index (χ2v) is 3.11. The average molecular weight is 308 g/mol. The highest BCUT2D eigenvalue weighted by Gasteiger charge is 2.14. The maximum Gasteiger partial charge on any atom is 0.320 e. The van der Waals surface area contributed by atoms with Crippen LogP contribution in [0.4, 0.5) is 0 Å². The van der Waals surface area contributed by atoms with Crippen molar-refractivity contribution in [2.45, 2.75) is 41.5 Å². The first-order valence-corrected chi connectivity index (χ1v) is 5.62. The Morgan fingerprint density at radius 1 is 0.619 bits per heavy atom. The molecule has 124 valence electrons. The minimum atomic E-state index is -0.887. The molecule has 0 saturated heterocycles. The summed E-state index contributed by atoms with van der Waals surface area (Å²) in [5.74, 6) is -3.24. The molecule has 0 spiro atoms.